The zero-order valence-electron chi connectivity index (χ0n) is 21.6. The number of allylic oxidation sites excluding steroid dienone is 1. The summed E-state index contributed by atoms with van der Waals surface area (Å²) in [7, 11) is 3.09. The molecular formula is C28H30N2O6S. The van der Waals surface area contributed by atoms with Crippen LogP contribution in [0, 0.1) is 0 Å². The molecule has 0 spiro atoms. The van der Waals surface area contributed by atoms with Crippen LogP contribution < -0.4 is 29.1 Å². The normalized spacial score (nSPS) is 15.2. The van der Waals surface area contributed by atoms with Crippen molar-refractivity contribution in [2.45, 2.75) is 33.2 Å². The highest BCUT2D eigenvalue weighted by Crippen LogP contribution is 2.36. The Balaban J connectivity index is 1.87. The van der Waals surface area contributed by atoms with Gasteiger partial charge in [-0.3, -0.25) is 9.36 Å². The second-order valence-corrected chi connectivity index (χ2v) is 9.34. The van der Waals surface area contributed by atoms with Crippen molar-refractivity contribution in [1.82, 2.24) is 4.57 Å². The van der Waals surface area contributed by atoms with E-state index in [1.165, 1.54) is 11.3 Å². The summed E-state index contributed by atoms with van der Waals surface area (Å²) in [5.74, 6) is 1.30. The molecule has 0 saturated heterocycles. The summed E-state index contributed by atoms with van der Waals surface area (Å²) >= 11 is 1.28. The first-order valence-corrected chi connectivity index (χ1v) is 12.9. The number of rotatable bonds is 9. The minimum Gasteiger partial charge on any atom is -0.494 e. The summed E-state index contributed by atoms with van der Waals surface area (Å²) in [5, 5.41) is 0. The zero-order chi connectivity index (χ0) is 26.5. The highest BCUT2D eigenvalue weighted by atomic mass is 32.1. The quantitative estimate of drug-likeness (QED) is 0.399. The number of methoxy groups -OCH3 is 2. The number of benzene rings is 2. The Morgan fingerprint density at radius 2 is 1.81 bits per heavy atom. The maximum atomic E-state index is 13.7. The number of aromatic nitrogens is 1. The Hall–Kier alpha value is -3.85. The van der Waals surface area contributed by atoms with Crippen molar-refractivity contribution in [3.05, 3.63) is 84.5 Å². The van der Waals surface area contributed by atoms with E-state index in [0.717, 1.165) is 17.7 Å². The molecule has 1 atom stereocenters. The molecule has 1 aliphatic rings. The summed E-state index contributed by atoms with van der Waals surface area (Å²) < 4.78 is 23.9. The van der Waals surface area contributed by atoms with Gasteiger partial charge >= 0.3 is 5.97 Å². The highest BCUT2D eigenvalue weighted by molar-refractivity contribution is 7.07. The standard InChI is InChI=1S/C28H30N2O6S/c1-6-14-36-20-11-8-18(9-12-20)15-23-26(31)30-25(19-10-13-21(33-4)22(16-19)34-5)24(27(32)35-7-2)17(3)29-28(30)37-23/h8-13,15-16,25H,6-7,14H2,1-5H3/b23-15-/t25-/m1/s1. The van der Waals surface area contributed by atoms with Gasteiger partial charge in [0.2, 0.25) is 0 Å². The third-order valence-corrected chi connectivity index (χ3v) is 6.87. The van der Waals surface area contributed by atoms with Gasteiger partial charge in [0, 0.05) is 0 Å². The number of esters is 1. The molecule has 0 amide bonds. The van der Waals surface area contributed by atoms with Crippen LogP contribution in [-0.4, -0.2) is 38.0 Å². The summed E-state index contributed by atoms with van der Waals surface area (Å²) in [6, 6.07) is 12.2. The molecule has 8 nitrogen and oxygen atoms in total. The maximum Gasteiger partial charge on any atom is 0.338 e. The van der Waals surface area contributed by atoms with Gasteiger partial charge in [-0.25, -0.2) is 9.79 Å². The zero-order valence-corrected chi connectivity index (χ0v) is 22.4. The highest BCUT2D eigenvalue weighted by Gasteiger charge is 2.33. The topological polar surface area (TPSA) is 88.3 Å². The van der Waals surface area contributed by atoms with Gasteiger partial charge in [0.15, 0.2) is 16.3 Å². The molecule has 194 valence electrons. The van der Waals surface area contributed by atoms with Crippen LogP contribution in [0.4, 0.5) is 0 Å². The van der Waals surface area contributed by atoms with E-state index in [2.05, 4.69) is 11.9 Å². The lowest BCUT2D eigenvalue weighted by molar-refractivity contribution is -0.139. The summed E-state index contributed by atoms with van der Waals surface area (Å²) in [4.78, 5) is 31.9. The molecule has 0 radical (unpaired) electrons. The molecule has 0 unspecified atom stereocenters. The number of ether oxygens (including phenoxy) is 4. The third kappa shape index (κ3) is 5.32. The van der Waals surface area contributed by atoms with Gasteiger partial charge in [-0.1, -0.05) is 36.5 Å². The molecule has 9 heteroatoms. The van der Waals surface area contributed by atoms with Crippen LogP contribution >= 0.6 is 11.3 Å². The molecule has 0 N–H and O–H groups in total. The Morgan fingerprint density at radius 1 is 1.08 bits per heavy atom. The second kappa shape index (κ2) is 11.5. The number of nitrogens with zero attached hydrogens (tertiary/aromatic N) is 2. The van der Waals surface area contributed by atoms with E-state index in [1.807, 2.05) is 36.4 Å². The van der Waals surface area contributed by atoms with E-state index in [-0.39, 0.29) is 12.2 Å². The van der Waals surface area contributed by atoms with Crippen LogP contribution in [0.2, 0.25) is 0 Å². The fourth-order valence-electron chi connectivity index (χ4n) is 4.16. The Bertz CT molecular complexity index is 1500. The van der Waals surface area contributed by atoms with Gasteiger partial charge in [0.25, 0.3) is 5.56 Å². The molecule has 37 heavy (non-hydrogen) atoms. The molecule has 0 fully saturated rings. The van der Waals surface area contributed by atoms with Gasteiger partial charge in [0.05, 0.1) is 49.3 Å². The van der Waals surface area contributed by atoms with E-state index in [1.54, 1.807) is 44.8 Å². The SMILES string of the molecule is CCCOc1ccc(/C=c2\sc3n(c2=O)[C@H](c2ccc(OC)c(OC)c2)C(C(=O)OCC)=C(C)N=3)cc1. The molecule has 3 aromatic rings. The largest absolute Gasteiger partial charge is 0.494 e. The predicted octanol–water partition coefficient (Wildman–Crippen LogP) is 3.60. The van der Waals surface area contributed by atoms with Crippen molar-refractivity contribution >= 4 is 23.4 Å². The lowest BCUT2D eigenvalue weighted by Gasteiger charge is -2.25. The molecule has 0 bridgehead atoms. The molecule has 1 aliphatic heterocycles. The fraction of sp³-hybridized carbons (Fsp3) is 0.321. The van der Waals surface area contributed by atoms with Gasteiger partial charge in [-0.2, -0.15) is 0 Å². The number of thiazole rings is 1. The van der Waals surface area contributed by atoms with Crippen molar-refractivity contribution in [2.24, 2.45) is 4.99 Å². The molecular weight excluding hydrogens is 492 g/mol. The van der Waals surface area contributed by atoms with Gasteiger partial charge in [0.1, 0.15) is 5.75 Å². The van der Waals surface area contributed by atoms with Crippen LogP contribution in [0.15, 0.2) is 63.5 Å². The van der Waals surface area contributed by atoms with Crippen molar-refractivity contribution in [1.29, 1.82) is 0 Å². The number of hydrogen-bond donors (Lipinski definition) is 0. The van der Waals surface area contributed by atoms with Crippen molar-refractivity contribution in [2.75, 3.05) is 27.4 Å². The van der Waals surface area contributed by atoms with Crippen molar-refractivity contribution in [3.63, 3.8) is 0 Å². The third-order valence-electron chi connectivity index (χ3n) is 5.89. The average molecular weight is 523 g/mol. The van der Waals surface area contributed by atoms with E-state index in [0.29, 0.717) is 44.3 Å². The van der Waals surface area contributed by atoms with Gasteiger partial charge in [-0.15, -0.1) is 0 Å². The first-order valence-electron chi connectivity index (χ1n) is 12.1. The number of fused-ring (bicyclic) bond motifs is 1. The molecule has 1 aromatic heterocycles. The Kier molecular flexibility index (Phi) is 8.13. The first kappa shape index (κ1) is 26.2. The monoisotopic (exact) mass is 522 g/mol. The van der Waals surface area contributed by atoms with Crippen LogP contribution in [0.3, 0.4) is 0 Å². The predicted molar refractivity (Wildman–Crippen MR) is 142 cm³/mol. The second-order valence-electron chi connectivity index (χ2n) is 8.33. The van der Waals surface area contributed by atoms with Crippen molar-refractivity contribution < 1.29 is 23.7 Å². The maximum absolute atomic E-state index is 13.7. The van der Waals surface area contributed by atoms with Crippen LogP contribution in [-0.2, 0) is 9.53 Å². The van der Waals surface area contributed by atoms with E-state index in [9.17, 15) is 9.59 Å². The lowest BCUT2D eigenvalue weighted by atomic mass is 9.95. The van der Waals surface area contributed by atoms with Crippen LogP contribution in [0.1, 0.15) is 44.4 Å². The number of carbonyl (C=O) groups is 1. The summed E-state index contributed by atoms with van der Waals surface area (Å²) in [6.07, 6.45) is 2.75. The smallest absolute Gasteiger partial charge is 0.338 e. The number of hydrogen-bond acceptors (Lipinski definition) is 8. The van der Waals surface area contributed by atoms with E-state index >= 15 is 0 Å². The number of carbonyl (C=O) groups excluding carboxylic acids is 1. The summed E-state index contributed by atoms with van der Waals surface area (Å²) in [5.41, 5.74) is 2.11. The first-order chi connectivity index (χ1) is 17.9. The van der Waals surface area contributed by atoms with E-state index < -0.39 is 12.0 Å². The fourth-order valence-corrected chi connectivity index (χ4v) is 5.21. The van der Waals surface area contributed by atoms with Crippen LogP contribution in [0.25, 0.3) is 6.08 Å². The summed E-state index contributed by atoms with van der Waals surface area (Å²) in [6.45, 7) is 6.41. The molecule has 2 heterocycles. The van der Waals surface area contributed by atoms with Gasteiger partial charge < -0.3 is 18.9 Å². The Morgan fingerprint density at radius 3 is 2.46 bits per heavy atom. The molecule has 0 aliphatic carbocycles. The molecule has 2 aromatic carbocycles. The minimum atomic E-state index is -0.734. The van der Waals surface area contributed by atoms with E-state index in [4.69, 9.17) is 18.9 Å². The minimum absolute atomic E-state index is 0.205. The van der Waals surface area contributed by atoms with Crippen LogP contribution in [0.5, 0.6) is 17.2 Å². The van der Waals surface area contributed by atoms with Crippen molar-refractivity contribution in [3.8, 4) is 17.2 Å². The molecule has 4 rings (SSSR count). The van der Waals surface area contributed by atoms with Gasteiger partial charge in [-0.05, 0) is 61.7 Å². The molecule has 0 saturated carbocycles. The average Bonchev–Trinajstić information content (AvgIpc) is 3.21. The Labute approximate surface area is 219 Å². The lowest BCUT2D eigenvalue weighted by Crippen LogP contribution is -2.39.